The van der Waals surface area contributed by atoms with Crippen molar-refractivity contribution in [2.24, 2.45) is 0 Å². The fraction of sp³-hybridized carbons (Fsp3) is 0.462. The van der Waals surface area contributed by atoms with Gasteiger partial charge in [0.1, 0.15) is 5.75 Å². The largest absolute Gasteiger partial charge is 0.497 e. The number of aliphatic carboxylic acids is 1. The molecule has 0 fully saturated rings. The first kappa shape index (κ1) is 13.4. The second kappa shape index (κ2) is 6.78. The molecular formula is C13H19NO3. The fourth-order valence-electron chi connectivity index (χ4n) is 1.60. The number of hydrogen-bond donors (Lipinski definition) is 1. The summed E-state index contributed by atoms with van der Waals surface area (Å²) in [7, 11) is 3.64. The Morgan fingerprint density at radius 2 is 2.18 bits per heavy atom. The predicted octanol–water partition coefficient (Wildman–Crippen LogP) is 2.39. The van der Waals surface area contributed by atoms with Gasteiger partial charge in [0.05, 0.1) is 7.11 Å². The molecule has 4 nitrogen and oxygen atoms in total. The Morgan fingerprint density at radius 1 is 1.41 bits per heavy atom. The first-order chi connectivity index (χ1) is 8.13. The molecule has 0 unspecified atom stereocenters. The molecule has 0 saturated carbocycles. The predicted molar refractivity (Wildman–Crippen MR) is 67.8 cm³/mol. The summed E-state index contributed by atoms with van der Waals surface area (Å²) in [4.78, 5) is 12.5. The first-order valence-corrected chi connectivity index (χ1v) is 5.70. The van der Waals surface area contributed by atoms with Crippen LogP contribution in [-0.4, -0.2) is 31.8 Å². The van der Waals surface area contributed by atoms with E-state index in [-0.39, 0.29) is 6.42 Å². The highest BCUT2D eigenvalue weighted by atomic mass is 16.5. The Balaban J connectivity index is 2.40. The molecule has 0 amide bonds. The van der Waals surface area contributed by atoms with Crippen LogP contribution in [0.5, 0.6) is 5.75 Å². The molecule has 0 aromatic heterocycles. The van der Waals surface area contributed by atoms with Gasteiger partial charge in [0.25, 0.3) is 0 Å². The molecule has 0 atom stereocenters. The van der Waals surface area contributed by atoms with Crippen molar-refractivity contribution < 1.29 is 14.6 Å². The normalized spacial score (nSPS) is 10.0. The van der Waals surface area contributed by atoms with Crippen molar-refractivity contribution >= 4 is 11.7 Å². The molecule has 0 aliphatic heterocycles. The van der Waals surface area contributed by atoms with Gasteiger partial charge in [0.15, 0.2) is 0 Å². The Kier molecular flexibility index (Phi) is 5.33. The number of methoxy groups -OCH3 is 1. The van der Waals surface area contributed by atoms with Gasteiger partial charge < -0.3 is 14.7 Å². The average Bonchev–Trinajstić information content (AvgIpc) is 2.34. The van der Waals surface area contributed by atoms with Gasteiger partial charge in [0, 0.05) is 31.8 Å². The number of ether oxygens (including phenoxy) is 1. The smallest absolute Gasteiger partial charge is 0.303 e. The van der Waals surface area contributed by atoms with Crippen LogP contribution in [0.2, 0.25) is 0 Å². The van der Waals surface area contributed by atoms with Crippen molar-refractivity contribution in [3.05, 3.63) is 24.3 Å². The van der Waals surface area contributed by atoms with Crippen LogP contribution in [-0.2, 0) is 4.79 Å². The van der Waals surface area contributed by atoms with Crippen molar-refractivity contribution in [2.45, 2.75) is 19.3 Å². The average molecular weight is 237 g/mol. The maximum absolute atomic E-state index is 10.4. The number of hydrogen-bond acceptors (Lipinski definition) is 3. The Morgan fingerprint density at radius 3 is 2.82 bits per heavy atom. The summed E-state index contributed by atoms with van der Waals surface area (Å²) in [5.74, 6) is 0.105. The topological polar surface area (TPSA) is 49.8 Å². The van der Waals surface area contributed by atoms with Crippen molar-refractivity contribution in [3.63, 3.8) is 0 Å². The van der Waals surface area contributed by atoms with E-state index in [1.165, 1.54) is 0 Å². The molecule has 0 heterocycles. The van der Waals surface area contributed by atoms with Crippen molar-refractivity contribution in [3.8, 4) is 5.75 Å². The summed E-state index contributed by atoms with van der Waals surface area (Å²) in [5.41, 5.74) is 1.08. The minimum atomic E-state index is -0.728. The molecule has 1 N–H and O–H groups in total. The van der Waals surface area contributed by atoms with E-state index in [9.17, 15) is 4.79 Å². The van der Waals surface area contributed by atoms with E-state index in [0.29, 0.717) is 6.42 Å². The van der Waals surface area contributed by atoms with Gasteiger partial charge in [-0.25, -0.2) is 0 Å². The lowest BCUT2D eigenvalue weighted by atomic mass is 10.2. The van der Waals surface area contributed by atoms with Gasteiger partial charge >= 0.3 is 5.97 Å². The van der Waals surface area contributed by atoms with E-state index in [1.807, 2.05) is 31.3 Å². The number of carbonyl (C=O) groups is 1. The van der Waals surface area contributed by atoms with Crippen LogP contribution >= 0.6 is 0 Å². The standard InChI is InChI=1S/C13H19NO3/c1-14(9-4-3-8-13(15)16)11-6-5-7-12(10-11)17-2/h5-7,10H,3-4,8-9H2,1-2H3,(H,15,16). The highest BCUT2D eigenvalue weighted by Gasteiger charge is 2.03. The first-order valence-electron chi connectivity index (χ1n) is 5.70. The van der Waals surface area contributed by atoms with Crippen LogP contribution in [0.4, 0.5) is 5.69 Å². The van der Waals surface area contributed by atoms with E-state index in [1.54, 1.807) is 7.11 Å². The third-order valence-electron chi connectivity index (χ3n) is 2.63. The second-order valence-electron chi connectivity index (χ2n) is 3.97. The maximum atomic E-state index is 10.4. The molecule has 1 rings (SSSR count). The minimum absolute atomic E-state index is 0.242. The van der Waals surface area contributed by atoms with E-state index >= 15 is 0 Å². The van der Waals surface area contributed by atoms with E-state index in [4.69, 9.17) is 9.84 Å². The van der Waals surface area contributed by atoms with Crippen LogP contribution < -0.4 is 9.64 Å². The Bertz CT molecular complexity index is 365. The van der Waals surface area contributed by atoms with Crippen LogP contribution in [0.15, 0.2) is 24.3 Å². The summed E-state index contributed by atoms with van der Waals surface area (Å²) in [5, 5.41) is 8.53. The molecule has 4 heteroatoms. The third kappa shape index (κ3) is 4.76. The minimum Gasteiger partial charge on any atom is -0.497 e. The molecule has 0 aliphatic rings. The molecule has 1 aromatic rings. The number of anilines is 1. The summed E-state index contributed by atoms with van der Waals surface area (Å²) < 4.78 is 5.16. The van der Waals surface area contributed by atoms with Gasteiger partial charge in [-0.2, -0.15) is 0 Å². The van der Waals surface area contributed by atoms with Crippen molar-refractivity contribution in [2.75, 3.05) is 25.6 Å². The number of carboxylic acid groups (broad SMARTS) is 1. The zero-order chi connectivity index (χ0) is 12.7. The summed E-state index contributed by atoms with van der Waals surface area (Å²) in [6.45, 7) is 0.848. The fourth-order valence-corrected chi connectivity index (χ4v) is 1.60. The Hall–Kier alpha value is -1.71. The van der Waals surface area contributed by atoms with Crippen LogP contribution in [0.1, 0.15) is 19.3 Å². The Labute approximate surface area is 102 Å². The number of rotatable bonds is 7. The number of benzene rings is 1. The molecule has 0 aliphatic carbocycles. The van der Waals surface area contributed by atoms with Crippen LogP contribution in [0.3, 0.4) is 0 Å². The lowest BCUT2D eigenvalue weighted by molar-refractivity contribution is -0.137. The zero-order valence-electron chi connectivity index (χ0n) is 10.3. The van der Waals surface area contributed by atoms with Crippen LogP contribution in [0, 0.1) is 0 Å². The molecule has 0 spiro atoms. The van der Waals surface area contributed by atoms with Gasteiger partial charge in [-0.3, -0.25) is 4.79 Å². The van der Waals surface area contributed by atoms with Crippen LogP contribution in [0.25, 0.3) is 0 Å². The van der Waals surface area contributed by atoms with Gasteiger partial charge in [-0.05, 0) is 25.0 Å². The molecule has 17 heavy (non-hydrogen) atoms. The molecule has 0 radical (unpaired) electrons. The zero-order valence-corrected chi connectivity index (χ0v) is 10.3. The van der Waals surface area contributed by atoms with Gasteiger partial charge in [-0.1, -0.05) is 6.07 Å². The third-order valence-corrected chi connectivity index (χ3v) is 2.63. The van der Waals surface area contributed by atoms with Gasteiger partial charge in [0.2, 0.25) is 0 Å². The van der Waals surface area contributed by atoms with E-state index in [2.05, 4.69) is 4.90 Å². The highest BCUT2D eigenvalue weighted by molar-refractivity contribution is 5.66. The highest BCUT2D eigenvalue weighted by Crippen LogP contribution is 2.20. The second-order valence-corrected chi connectivity index (χ2v) is 3.97. The lowest BCUT2D eigenvalue weighted by Crippen LogP contribution is -2.18. The van der Waals surface area contributed by atoms with E-state index < -0.39 is 5.97 Å². The summed E-state index contributed by atoms with van der Waals surface area (Å²) in [6, 6.07) is 7.83. The maximum Gasteiger partial charge on any atom is 0.303 e. The lowest BCUT2D eigenvalue weighted by Gasteiger charge is -2.19. The quantitative estimate of drug-likeness (QED) is 0.740. The molecule has 0 bridgehead atoms. The van der Waals surface area contributed by atoms with Gasteiger partial charge in [-0.15, -0.1) is 0 Å². The number of carboxylic acids is 1. The van der Waals surface area contributed by atoms with Crippen molar-refractivity contribution in [1.29, 1.82) is 0 Å². The summed E-state index contributed by atoms with van der Waals surface area (Å²) in [6.07, 6.45) is 1.83. The number of unbranched alkanes of at least 4 members (excludes halogenated alkanes) is 1. The monoisotopic (exact) mass is 237 g/mol. The molecule has 94 valence electrons. The molecule has 0 saturated heterocycles. The van der Waals surface area contributed by atoms with E-state index in [0.717, 1.165) is 24.4 Å². The molecular weight excluding hydrogens is 218 g/mol. The molecule has 1 aromatic carbocycles. The van der Waals surface area contributed by atoms with Crippen molar-refractivity contribution in [1.82, 2.24) is 0 Å². The summed E-state index contributed by atoms with van der Waals surface area (Å²) >= 11 is 0. The number of nitrogens with zero attached hydrogens (tertiary/aromatic N) is 1. The SMILES string of the molecule is COc1cccc(N(C)CCCCC(=O)O)c1.